The molecule has 1 aliphatic rings. The van der Waals surface area contributed by atoms with Crippen LogP contribution in [0.15, 0.2) is 24.4 Å². The fourth-order valence-corrected chi connectivity index (χ4v) is 3.81. The summed E-state index contributed by atoms with van der Waals surface area (Å²) in [5, 5.41) is 3.93. The van der Waals surface area contributed by atoms with Crippen LogP contribution in [0.5, 0.6) is 11.5 Å². The first-order valence-corrected chi connectivity index (χ1v) is 10.7. The number of carbonyl (C=O) groups excluding carboxylic acids is 1. The third kappa shape index (κ3) is 5.70. The molecule has 0 aliphatic carbocycles. The monoisotopic (exact) mass is 430 g/mol. The lowest BCUT2D eigenvalue weighted by Crippen LogP contribution is -2.52. The van der Waals surface area contributed by atoms with Crippen molar-refractivity contribution >= 4 is 22.7 Å². The fraction of sp³-hybridized carbons (Fsp3) is 0.565. The Balaban J connectivity index is 1.63. The lowest BCUT2D eigenvalue weighted by Gasteiger charge is -2.39. The molecule has 1 atom stereocenters. The Morgan fingerprint density at radius 2 is 1.77 bits per heavy atom. The minimum Gasteiger partial charge on any atom is -0.493 e. The second-order valence-electron chi connectivity index (χ2n) is 8.81. The molecule has 0 spiro atoms. The van der Waals surface area contributed by atoms with E-state index in [0.717, 1.165) is 42.8 Å². The van der Waals surface area contributed by atoms with Crippen molar-refractivity contribution in [3.05, 3.63) is 24.4 Å². The summed E-state index contributed by atoms with van der Waals surface area (Å²) in [6, 6.07) is 6.19. The predicted octanol–water partition coefficient (Wildman–Crippen LogP) is 3.29. The van der Waals surface area contributed by atoms with E-state index in [1.807, 2.05) is 39.1 Å². The number of methoxy groups -OCH3 is 2. The van der Waals surface area contributed by atoms with E-state index in [1.165, 1.54) is 0 Å². The normalized spacial score (nSPS) is 16.1. The van der Waals surface area contributed by atoms with Crippen molar-refractivity contribution in [2.45, 2.75) is 39.3 Å². The summed E-state index contributed by atoms with van der Waals surface area (Å²) >= 11 is 0. The molecule has 170 valence electrons. The molecule has 2 heterocycles. The van der Waals surface area contributed by atoms with Gasteiger partial charge in [0.2, 0.25) is 0 Å². The Kier molecular flexibility index (Phi) is 7.10. The third-order valence-electron chi connectivity index (χ3n) is 5.44. The van der Waals surface area contributed by atoms with Crippen LogP contribution < -0.4 is 19.7 Å². The first kappa shape index (κ1) is 22.9. The number of carbonyl (C=O) groups is 1. The van der Waals surface area contributed by atoms with Gasteiger partial charge < -0.3 is 24.4 Å². The molecule has 1 fully saturated rings. The number of anilines is 1. The quantitative estimate of drug-likeness (QED) is 0.754. The van der Waals surface area contributed by atoms with E-state index in [9.17, 15) is 4.79 Å². The Morgan fingerprint density at radius 3 is 2.39 bits per heavy atom. The summed E-state index contributed by atoms with van der Waals surface area (Å²) < 4.78 is 16.2. The zero-order valence-corrected chi connectivity index (χ0v) is 19.4. The molecule has 3 rings (SSSR count). The number of nitrogens with zero attached hydrogens (tertiary/aromatic N) is 3. The number of benzene rings is 1. The highest BCUT2D eigenvalue weighted by atomic mass is 16.6. The van der Waals surface area contributed by atoms with Gasteiger partial charge in [0.15, 0.2) is 11.5 Å². The molecule has 1 aliphatic heterocycles. The van der Waals surface area contributed by atoms with Crippen LogP contribution in [0.3, 0.4) is 0 Å². The molecule has 0 bridgehead atoms. The van der Waals surface area contributed by atoms with Crippen LogP contribution in [-0.4, -0.2) is 74.6 Å². The average Bonchev–Trinajstić information content (AvgIpc) is 2.75. The number of alkyl carbamates (subject to hydrolysis) is 1. The van der Waals surface area contributed by atoms with Crippen LogP contribution in [-0.2, 0) is 4.74 Å². The second kappa shape index (κ2) is 9.60. The van der Waals surface area contributed by atoms with Crippen molar-refractivity contribution < 1.29 is 19.0 Å². The van der Waals surface area contributed by atoms with Gasteiger partial charge in [0, 0.05) is 62.1 Å². The van der Waals surface area contributed by atoms with Gasteiger partial charge in [0.1, 0.15) is 5.60 Å². The highest BCUT2D eigenvalue weighted by Gasteiger charge is 2.24. The first-order valence-electron chi connectivity index (χ1n) is 10.7. The molecule has 1 aromatic carbocycles. The van der Waals surface area contributed by atoms with Crippen molar-refractivity contribution in [3.63, 3.8) is 0 Å². The average molecular weight is 431 g/mol. The highest BCUT2D eigenvalue weighted by molar-refractivity contribution is 5.94. The first-order chi connectivity index (χ1) is 14.7. The molecule has 31 heavy (non-hydrogen) atoms. The van der Waals surface area contributed by atoms with Gasteiger partial charge in [-0.1, -0.05) is 0 Å². The van der Waals surface area contributed by atoms with Gasteiger partial charge in [-0.25, -0.2) is 4.79 Å². The largest absolute Gasteiger partial charge is 0.493 e. The molecular weight excluding hydrogens is 396 g/mol. The zero-order valence-electron chi connectivity index (χ0n) is 19.4. The summed E-state index contributed by atoms with van der Waals surface area (Å²) in [6.45, 7) is 11.9. The van der Waals surface area contributed by atoms with Gasteiger partial charge in [0.25, 0.3) is 0 Å². The van der Waals surface area contributed by atoms with Crippen molar-refractivity contribution in [1.82, 2.24) is 15.2 Å². The van der Waals surface area contributed by atoms with Gasteiger partial charge >= 0.3 is 6.09 Å². The molecule has 0 radical (unpaired) electrons. The summed E-state index contributed by atoms with van der Waals surface area (Å²) in [7, 11) is 3.27. The topological polar surface area (TPSA) is 76.2 Å². The lowest BCUT2D eigenvalue weighted by atomic mass is 10.1. The molecule has 2 aromatic rings. The van der Waals surface area contributed by atoms with Gasteiger partial charge in [-0.15, -0.1) is 0 Å². The number of hydrogen-bond acceptors (Lipinski definition) is 7. The van der Waals surface area contributed by atoms with Crippen molar-refractivity contribution in [2.24, 2.45) is 0 Å². The predicted molar refractivity (Wildman–Crippen MR) is 122 cm³/mol. The molecule has 1 aromatic heterocycles. The van der Waals surface area contributed by atoms with Gasteiger partial charge in [-0.2, -0.15) is 0 Å². The van der Waals surface area contributed by atoms with Crippen LogP contribution in [0.25, 0.3) is 10.9 Å². The molecule has 8 heteroatoms. The Morgan fingerprint density at radius 1 is 1.13 bits per heavy atom. The number of nitrogens with one attached hydrogen (secondary N) is 1. The van der Waals surface area contributed by atoms with Crippen molar-refractivity contribution in [3.8, 4) is 11.5 Å². The number of aromatic nitrogens is 1. The van der Waals surface area contributed by atoms with Gasteiger partial charge in [0.05, 0.1) is 19.7 Å². The Labute approximate surface area is 184 Å². The molecule has 0 saturated carbocycles. The van der Waals surface area contributed by atoms with Gasteiger partial charge in [-0.05, 0) is 39.8 Å². The third-order valence-corrected chi connectivity index (χ3v) is 5.44. The molecule has 1 unspecified atom stereocenters. The van der Waals surface area contributed by atoms with Crippen LogP contribution in [0.4, 0.5) is 10.5 Å². The second-order valence-corrected chi connectivity index (χ2v) is 8.81. The van der Waals surface area contributed by atoms with E-state index in [0.29, 0.717) is 18.0 Å². The maximum Gasteiger partial charge on any atom is 0.407 e. The maximum absolute atomic E-state index is 11.9. The minimum atomic E-state index is -0.487. The van der Waals surface area contributed by atoms with E-state index in [4.69, 9.17) is 14.2 Å². The number of fused-ring (bicyclic) bond motifs is 1. The summed E-state index contributed by atoms with van der Waals surface area (Å²) in [4.78, 5) is 21.2. The number of hydrogen-bond donors (Lipinski definition) is 1. The van der Waals surface area contributed by atoms with Gasteiger partial charge in [-0.3, -0.25) is 9.88 Å². The van der Waals surface area contributed by atoms with E-state index in [2.05, 4.69) is 33.1 Å². The van der Waals surface area contributed by atoms with E-state index < -0.39 is 5.60 Å². The molecular formula is C23H34N4O4. The van der Waals surface area contributed by atoms with Crippen LogP contribution in [0.2, 0.25) is 0 Å². The summed E-state index contributed by atoms with van der Waals surface area (Å²) in [5.74, 6) is 1.38. The van der Waals surface area contributed by atoms with E-state index >= 15 is 0 Å². The number of pyridine rings is 1. The lowest BCUT2D eigenvalue weighted by molar-refractivity contribution is 0.0508. The minimum absolute atomic E-state index is 0.230. The number of ether oxygens (including phenoxy) is 3. The van der Waals surface area contributed by atoms with Crippen LogP contribution in [0, 0.1) is 0 Å². The molecule has 1 N–H and O–H groups in total. The summed E-state index contributed by atoms with van der Waals surface area (Å²) in [5.41, 5.74) is 1.54. The SMILES string of the molecule is COc1cc2nccc(N3CCN(C(C)CNC(=O)OC(C)(C)C)CC3)c2cc1OC. The van der Waals surface area contributed by atoms with Crippen molar-refractivity contribution in [2.75, 3.05) is 51.8 Å². The Hall–Kier alpha value is -2.74. The zero-order chi connectivity index (χ0) is 22.6. The molecule has 8 nitrogen and oxygen atoms in total. The van der Waals surface area contributed by atoms with Crippen molar-refractivity contribution in [1.29, 1.82) is 0 Å². The number of piperazine rings is 1. The molecule has 1 amide bonds. The van der Waals surface area contributed by atoms with E-state index in [1.54, 1.807) is 14.2 Å². The highest BCUT2D eigenvalue weighted by Crippen LogP contribution is 2.35. The maximum atomic E-state index is 11.9. The fourth-order valence-electron chi connectivity index (χ4n) is 3.81. The smallest absolute Gasteiger partial charge is 0.407 e. The van der Waals surface area contributed by atoms with Crippen LogP contribution in [0.1, 0.15) is 27.7 Å². The number of rotatable bonds is 6. The van der Waals surface area contributed by atoms with E-state index in [-0.39, 0.29) is 12.1 Å². The summed E-state index contributed by atoms with van der Waals surface area (Å²) in [6.07, 6.45) is 1.47. The Bertz CT molecular complexity index is 904. The number of amides is 1. The van der Waals surface area contributed by atoms with Crippen LogP contribution >= 0.6 is 0 Å². The standard InChI is InChI=1S/C23H34N4O4/c1-16(15-25-22(28)31-23(2,3)4)26-9-11-27(12-10-26)19-7-8-24-18-14-21(30-6)20(29-5)13-17(18)19/h7-8,13-14,16H,9-12,15H2,1-6H3,(H,25,28). The molecule has 1 saturated heterocycles.